The number of carbonyl (C=O) groups excluding carboxylic acids is 1. The summed E-state index contributed by atoms with van der Waals surface area (Å²) in [5.74, 6) is -1.35. The van der Waals surface area contributed by atoms with Crippen molar-refractivity contribution in [3.63, 3.8) is 0 Å². The number of hydrogen-bond donors (Lipinski definition) is 4. The van der Waals surface area contributed by atoms with Gasteiger partial charge in [-0.05, 0) is 36.1 Å². The first-order valence-corrected chi connectivity index (χ1v) is 10.2. The lowest BCUT2D eigenvalue weighted by molar-refractivity contribution is -0.139. The van der Waals surface area contributed by atoms with E-state index >= 15 is 0 Å². The molecule has 0 aliphatic carbocycles. The van der Waals surface area contributed by atoms with Gasteiger partial charge in [0.15, 0.2) is 11.7 Å². The van der Waals surface area contributed by atoms with E-state index < -0.39 is 17.9 Å². The zero-order valence-electron chi connectivity index (χ0n) is 18.0. The van der Waals surface area contributed by atoms with Crippen LogP contribution in [-0.2, 0) is 4.79 Å². The number of nitrogens with zero attached hydrogens (tertiary/aromatic N) is 1. The zero-order valence-corrected chi connectivity index (χ0v) is 18.0. The van der Waals surface area contributed by atoms with Gasteiger partial charge in [0.25, 0.3) is 5.91 Å². The lowest BCUT2D eigenvalue weighted by Crippen LogP contribution is -2.40. The normalized spacial score (nSPS) is 11.3. The van der Waals surface area contributed by atoms with E-state index in [-0.39, 0.29) is 36.1 Å². The summed E-state index contributed by atoms with van der Waals surface area (Å²) in [5, 5.41) is 11.9. The molecular formula is C24H28N4O5. The molecule has 1 atom stereocenters. The smallest absolute Gasteiger partial charge is 0.326 e. The van der Waals surface area contributed by atoms with Gasteiger partial charge in [-0.2, -0.15) is 0 Å². The second kappa shape index (κ2) is 12.1. The number of aliphatic carboxylic acids is 1. The van der Waals surface area contributed by atoms with E-state index in [1.54, 1.807) is 12.1 Å². The van der Waals surface area contributed by atoms with Gasteiger partial charge in [0.2, 0.25) is 0 Å². The molecule has 8 N–H and O–H groups in total. The van der Waals surface area contributed by atoms with Crippen LogP contribution in [0, 0.1) is 0 Å². The topological polar surface area (TPSA) is 175 Å². The maximum absolute atomic E-state index is 12.7. The Morgan fingerprint density at radius 1 is 0.939 bits per heavy atom. The molecule has 3 rings (SSSR count). The van der Waals surface area contributed by atoms with Crippen molar-refractivity contribution in [2.24, 2.45) is 16.5 Å². The second-order valence-corrected chi connectivity index (χ2v) is 7.27. The molecule has 0 aliphatic rings. The summed E-state index contributed by atoms with van der Waals surface area (Å²) in [6.07, 6.45) is 0.588. The minimum absolute atomic E-state index is 0. The summed E-state index contributed by atoms with van der Waals surface area (Å²) >= 11 is 0. The number of amides is 1. The van der Waals surface area contributed by atoms with E-state index in [1.165, 1.54) is 0 Å². The monoisotopic (exact) mass is 452 g/mol. The number of benzene rings is 2. The molecule has 0 aliphatic heterocycles. The molecule has 0 radical (unpaired) electrons. The maximum atomic E-state index is 12.7. The first-order chi connectivity index (χ1) is 15.5. The number of furan rings is 1. The van der Waals surface area contributed by atoms with Crippen molar-refractivity contribution >= 4 is 17.8 Å². The number of nitrogens with one attached hydrogen (secondary N) is 1. The fraction of sp³-hybridized carbons (Fsp3) is 0.208. The van der Waals surface area contributed by atoms with E-state index in [9.17, 15) is 14.7 Å². The van der Waals surface area contributed by atoms with Crippen LogP contribution in [0.2, 0.25) is 0 Å². The summed E-state index contributed by atoms with van der Waals surface area (Å²) < 4.78 is 5.89. The largest absolute Gasteiger partial charge is 0.480 e. The Morgan fingerprint density at radius 2 is 1.52 bits per heavy atom. The number of rotatable bonds is 10. The lowest BCUT2D eigenvalue weighted by Gasteiger charge is -2.16. The van der Waals surface area contributed by atoms with Gasteiger partial charge in [-0.1, -0.05) is 60.7 Å². The van der Waals surface area contributed by atoms with Crippen LogP contribution in [0.5, 0.6) is 0 Å². The second-order valence-electron chi connectivity index (χ2n) is 7.27. The molecule has 3 aromatic rings. The third-order valence-corrected chi connectivity index (χ3v) is 4.95. The highest BCUT2D eigenvalue weighted by atomic mass is 16.4. The minimum atomic E-state index is -1.14. The van der Waals surface area contributed by atoms with Gasteiger partial charge in [0.1, 0.15) is 11.8 Å². The highest BCUT2D eigenvalue weighted by Gasteiger charge is 2.25. The summed E-state index contributed by atoms with van der Waals surface area (Å²) in [7, 11) is 0. The molecule has 33 heavy (non-hydrogen) atoms. The number of guanidine groups is 1. The number of aliphatic imine (C=N–C) groups is 1. The molecule has 174 valence electrons. The van der Waals surface area contributed by atoms with Crippen LogP contribution < -0.4 is 16.8 Å². The summed E-state index contributed by atoms with van der Waals surface area (Å²) in [5.41, 5.74) is 12.6. The molecule has 9 nitrogen and oxygen atoms in total. The SMILES string of the molecule is NC(N)=NCCC[C@H](NC(=O)c1ccc(C(c2ccccc2)c2ccccc2)o1)C(=O)O.O. The van der Waals surface area contributed by atoms with Gasteiger partial charge in [-0.25, -0.2) is 4.79 Å². The van der Waals surface area contributed by atoms with Crippen molar-refractivity contribution in [3.8, 4) is 0 Å². The minimum Gasteiger partial charge on any atom is -0.480 e. The average molecular weight is 453 g/mol. The van der Waals surface area contributed by atoms with E-state index in [0.29, 0.717) is 12.2 Å². The predicted molar refractivity (Wildman–Crippen MR) is 125 cm³/mol. The summed E-state index contributed by atoms with van der Waals surface area (Å²) in [6, 6.07) is 21.9. The number of nitrogens with two attached hydrogens (primary N) is 2. The summed E-state index contributed by atoms with van der Waals surface area (Å²) in [6.45, 7) is 0.280. The van der Waals surface area contributed by atoms with Crippen LogP contribution in [0.25, 0.3) is 0 Å². The van der Waals surface area contributed by atoms with E-state index in [4.69, 9.17) is 15.9 Å². The molecule has 0 unspecified atom stereocenters. The van der Waals surface area contributed by atoms with Gasteiger partial charge in [0, 0.05) is 6.54 Å². The third kappa shape index (κ3) is 6.94. The van der Waals surface area contributed by atoms with Crippen LogP contribution in [0.15, 0.2) is 82.2 Å². The maximum Gasteiger partial charge on any atom is 0.326 e. The van der Waals surface area contributed by atoms with Crippen molar-refractivity contribution in [3.05, 3.63) is 95.4 Å². The van der Waals surface area contributed by atoms with Crippen LogP contribution in [-0.4, -0.2) is 41.0 Å². The fourth-order valence-corrected chi connectivity index (χ4v) is 3.43. The Labute approximate surface area is 191 Å². The van der Waals surface area contributed by atoms with Crippen molar-refractivity contribution in [1.29, 1.82) is 0 Å². The fourth-order valence-electron chi connectivity index (χ4n) is 3.43. The number of hydrogen-bond acceptors (Lipinski definition) is 4. The zero-order chi connectivity index (χ0) is 22.9. The molecule has 0 saturated carbocycles. The van der Waals surface area contributed by atoms with Gasteiger partial charge in [-0.15, -0.1) is 0 Å². The van der Waals surface area contributed by atoms with Crippen LogP contribution in [0.3, 0.4) is 0 Å². The molecule has 1 amide bonds. The summed E-state index contributed by atoms with van der Waals surface area (Å²) in [4.78, 5) is 28.0. The lowest BCUT2D eigenvalue weighted by atomic mass is 9.89. The number of carboxylic acid groups (broad SMARTS) is 1. The van der Waals surface area contributed by atoms with Crippen LogP contribution >= 0.6 is 0 Å². The quantitative estimate of drug-likeness (QED) is 0.207. The predicted octanol–water partition coefficient (Wildman–Crippen LogP) is 1.87. The van der Waals surface area contributed by atoms with Gasteiger partial charge in [-0.3, -0.25) is 9.79 Å². The van der Waals surface area contributed by atoms with E-state index in [0.717, 1.165) is 11.1 Å². The Bertz CT molecular complexity index is 1020. The highest BCUT2D eigenvalue weighted by molar-refractivity contribution is 5.94. The van der Waals surface area contributed by atoms with Crippen molar-refractivity contribution in [1.82, 2.24) is 5.32 Å². The van der Waals surface area contributed by atoms with Crippen molar-refractivity contribution < 1.29 is 24.6 Å². The Kier molecular flexibility index (Phi) is 9.19. The Balaban J connectivity index is 0.00000385. The van der Waals surface area contributed by atoms with Gasteiger partial charge in [0.05, 0.1) is 5.92 Å². The first-order valence-electron chi connectivity index (χ1n) is 10.2. The molecule has 0 spiro atoms. The van der Waals surface area contributed by atoms with Gasteiger partial charge < -0.3 is 31.8 Å². The standard InChI is InChI=1S/C24H26N4O4.H2O/c25-24(26)27-15-7-12-18(23(30)31)28-22(29)20-14-13-19(32-20)21(16-8-3-1-4-9-16)17-10-5-2-6-11-17;/h1-6,8-11,13-14,18,21H,7,12,15H2,(H,28,29)(H,30,31)(H4,25,26,27);1H2/t18-;/m0./s1. The Hall–Kier alpha value is -4.11. The molecule has 9 heteroatoms. The molecule has 0 saturated heterocycles. The number of carboxylic acids is 1. The van der Waals surface area contributed by atoms with E-state index in [2.05, 4.69) is 10.3 Å². The molecule has 1 aromatic heterocycles. The molecule has 0 fully saturated rings. The molecule has 2 aromatic carbocycles. The van der Waals surface area contributed by atoms with Crippen molar-refractivity contribution in [2.75, 3.05) is 6.54 Å². The number of carbonyl (C=O) groups is 2. The third-order valence-electron chi connectivity index (χ3n) is 4.95. The first kappa shape index (κ1) is 25.2. The van der Waals surface area contributed by atoms with Gasteiger partial charge >= 0.3 is 5.97 Å². The van der Waals surface area contributed by atoms with Crippen molar-refractivity contribution in [2.45, 2.75) is 24.8 Å². The van der Waals surface area contributed by atoms with E-state index in [1.807, 2.05) is 60.7 Å². The molecule has 1 heterocycles. The van der Waals surface area contributed by atoms with Crippen LogP contribution in [0.1, 0.15) is 46.2 Å². The highest BCUT2D eigenvalue weighted by Crippen LogP contribution is 2.32. The Morgan fingerprint density at radius 3 is 2.03 bits per heavy atom. The molecular weight excluding hydrogens is 424 g/mol. The molecule has 0 bridgehead atoms. The average Bonchev–Trinajstić information content (AvgIpc) is 3.27. The van der Waals surface area contributed by atoms with Crippen LogP contribution in [0.4, 0.5) is 0 Å².